The van der Waals surface area contributed by atoms with Crippen molar-refractivity contribution >= 4 is 16.9 Å². The second-order valence-electron chi connectivity index (χ2n) is 0.803. The van der Waals surface area contributed by atoms with E-state index in [1.807, 2.05) is 0 Å². The highest BCUT2D eigenvalue weighted by Gasteiger charge is 2.38. The van der Waals surface area contributed by atoms with Crippen LogP contribution >= 0.6 is 0 Å². The van der Waals surface area contributed by atoms with Crippen LogP contribution in [-0.4, -0.2) is 28.2 Å². The lowest BCUT2D eigenvalue weighted by molar-refractivity contribution is -0.192. The summed E-state index contributed by atoms with van der Waals surface area (Å²) in [5.74, 6) is -2.76. The quantitative estimate of drug-likeness (QED) is 0.453. The van der Waals surface area contributed by atoms with Crippen LogP contribution in [0, 0.1) is 0 Å². The number of carboxylic acids is 1. The summed E-state index contributed by atoms with van der Waals surface area (Å²) >= 11 is 0. The lowest BCUT2D eigenvalue weighted by Crippen LogP contribution is -2.21. The second kappa shape index (κ2) is 2.70. The molecular weight excluding hydrogens is 141 g/mol. The molecule has 0 heterocycles. The molecule has 0 aromatic carbocycles. The van der Waals surface area contributed by atoms with E-state index in [-0.39, 0.29) is 11.0 Å². The molecule has 2 nitrogen and oxygen atoms in total. The van der Waals surface area contributed by atoms with Gasteiger partial charge >= 0.3 is 12.1 Å². The molecule has 1 N–H and O–H groups in total. The fraction of sp³-hybridized carbons (Fsp3) is 0.500. The smallest absolute Gasteiger partial charge is 0.475 e. The number of carbonyl (C=O) groups is 1. The standard InChI is InChI=1S/C2HF3O2.H4Si/c3-2(4,5)1(6)7;/h(H,6,7);1H4. The Kier molecular flexibility index (Phi) is 3.53. The molecule has 0 aliphatic heterocycles. The van der Waals surface area contributed by atoms with Gasteiger partial charge in [-0.1, -0.05) is 0 Å². The van der Waals surface area contributed by atoms with Crippen molar-refractivity contribution in [2.45, 2.75) is 6.18 Å². The van der Waals surface area contributed by atoms with Gasteiger partial charge in [0.15, 0.2) is 0 Å². The van der Waals surface area contributed by atoms with Gasteiger partial charge in [0.1, 0.15) is 0 Å². The minimum Gasteiger partial charge on any atom is -0.475 e. The molecule has 0 saturated carbocycles. The van der Waals surface area contributed by atoms with Gasteiger partial charge in [0.2, 0.25) is 0 Å². The molecule has 0 aromatic heterocycles. The first-order chi connectivity index (χ1) is 2.94. The highest BCUT2D eigenvalue weighted by Crippen LogP contribution is 2.13. The molecule has 0 rings (SSSR count). The third-order valence-electron chi connectivity index (χ3n) is 0.243. The Labute approximate surface area is 47.3 Å². The average Bonchev–Trinajstić information content (AvgIpc) is 1.31. The average molecular weight is 146 g/mol. The summed E-state index contributed by atoms with van der Waals surface area (Å²) in [4.78, 5) is 8.90. The van der Waals surface area contributed by atoms with Crippen LogP contribution in [0.2, 0.25) is 0 Å². The first kappa shape index (κ1) is 10.5. The fourth-order valence-corrected chi connectivity index (χ4v) is 0. The SMILES string of the molecule is O=C(O)C(F)(F)F.[SiH4]. The van der Waals surface area contributed by atoms with Gasteiger partial charge in [-0.15, -0.1) is 0 Å². The normalized spacial score (nSPS) is 9.88. The van der Waals surface area contributed by atoms with E-state index in [4.69, 9.17) is 9.90 Å². The van der Waals surface area contributed by atoms with Crippen molar-refractivity contribution in [1.29, 1.82) is 0 Å². The Morgan fingerprint density at radius 1 is 1.38 bits per heavy atom. The van der Waals surface area contributed by atoms with E-state index in [1.165, 1.54) is 0 Å². The lowest BCUT2D eigenvalue weighted by atomic mass is 10.7. The van der Waals surface area contributed by atoms with Crippen molar-refractivity contribution in [2.24, 2.45) is 0 Å². The molecule has 0 aliphatic carbocycles. The Morgan fingerprint density at radius 3 is 1.50 bits per heavy atom. The van der Waals surface area contributed by atoms with Crippen LogP contribution in [0.5, 0.6) is 0 Å². The molecule has 0 spiro atoms. The monoisotopic (exact) mass is 146 g/mol. The molecule has 0 atom stereocenters. The molecule has 0 aliphatic rings. The van der Waals surface area contributed by atoms with E-state index in [0.717, 1.165) is 0 Å². The molecular formula is C2H5F3O2Si. The number of hydrogen-bond acceptors (Lipinski definition) is 1. The van der Waals surface area contributed by atoms with Gasteiger partial charge in [-0.2, -0.15) is 13.2 Å². The molecule has 0 radical (unpaired) electrons. The number of halogens is 3. The van der Waals surface area contributed by atoms with Crippen LogP contribution < -0.4 is 0 Å². The van der Waals surface area contributed by atoms with Crippen LogP contribution in [0.3, 0.4) is 0 Å². The van der Waals surface area contributed by atoms with Gasteiger partial charge in [0, 0.05) is 0 Å². The predicted molar refractivity (Wildman–Crippen MR) is 25.0 cm³/mol. The summed E-state index contributed by atoms with van der Waals surface area (Å²) < 4.78 is 31.7. The number of hydrogen-bond donors (Lipinski definition) is 1. The minimum atomic E-state index is -5.08. The van der Waals surface area contributed by atoms with Crippen molar-refractivity contribution in [3.8, 4) is 0 Å². The van der Waals surface area contributed by atoms with Crippen LogP contribution in [0.1, 0.15) is 0 Å². The number of rotatable bonds is 0. The summed E-state index contributed by atoms with van der Waals surface area (Å²) in [5, 5.41) is 7.12. The second-order valence-corrected chi connectivity index (χ2v) is 0.803. The highest BCUT2D eigenvalue weighted by molar-refractivity contribution is 5.75. The summed E-state index contributed by atoms with van der Waals surface area (Å²) in [7, 11) is 0. The van der Waals surface area contributed by atoms with Crippen LogP contribution in [0.15, 0.2) is 0 Å². The van der Waals surface area contributed by atoms with Gasteiger partial charge in [-0.3, -0.25) is 0 Å². The van der Waals surface area contributed by atoms with Crippen molar-refractivity contribution in [3.05, 3.63) is 0 Å². The Bertz CT molecular complexity index is 87.8. The lowest BCUT2D eigenvalue weighted by Gasteiger charge is -1.93. The van der Waals surface area contributed by atoms with Gasteiger partial charge in [0.25, 0.3) is 0 Å². The molecule has 6 heteroatoms. The maximum atomic E-state index is 10.6. The van der Waals surface area contributed by atoms with E-state index in [9.17, 15) is 13.2 Å². The Balaban J connectivity index is 0. The molecule has 0 saturated heterocycles. The first-order valence-electron chi connectivity index (χ1n) is 1.24. The molecule has 50 valence electrons. The zero-order valence-electron chi connectivity index (χ0n) is 2.99. The van der Waals surface area contributed by atoms with Gasteiger partial charge < -0.3 is 5.11 Å². The van der Waals surface area contributed by atoms with Crippen LogP contribution in [0.4, 0.5) is 13.2 Å². The number of carboxylic acid groups (broad SMARTS) is 1. The maximum absolute atomic E-state index is 10.6. The van der Waals surface area contributed by atoms with E-state index < -0.39 is 12.1 Å². The van der Waals surface area contributed by atoms with E-state index in [2.05, 4.69) is 0 Å². The number of aliphatic carboxylic acids is 1. The fourth-order valence-electron chi connectivity index (χ4n) is 0. The number of alkyl halides is 3. The van der Waals surface area contributed by atoms with Gasteiger partial charge in [-0.05, 0) is 11.0 Å². The van der Waals surface area contributed by atoms with E-state index in [0.29, 0.717) is 0 Å². The topological polar surface area (TPSA) is 37.3 Å². The molecule has 8 heavy (non-hydrogen) atoms. The summed E-state index contributed by atoms with van der Waals surface area (Å²) in [6.07, 6.45) is -5.08. The summed E-state index contributed by atoms with van der Waals surface area (Å²) in [5.41, 5.74) is 0. The Morgan fingerprint density at radius 2 is 1.50 bits per heavy atom. The molecule has 0 fully saturated rings. The van der Waals surface area contributed by atoms with Crippen molar-refractivity contribution < 1.29 is 23.1 Å². The molecule has 0 unspecified atom stereocenters. The zero-order chi connectivity index (χ0) is 6.08. The molecule has 0 amide bonds. The zero-order valence-corrected chi connectivity index (χ0v) is 2.99. The van der Waals surface area contributed by atoms with Crippen LogP contribution in [0.25, 0.3) is 0 Å². The van der Waals surface area contributed by atoms with Gasteiger partial charge in [-0.25, -0.2) is 4.79 Å². The maximum Gasteiger partial charge on any atom is 0.490 e. The summed E-state index contributed by atoms with van der Waals surface area (Å²) in [6.45, 7) is 0. The largest absolute Gasteiger partial charge is 0.490 e. The summed E-state index contributed by atoms with van der Waals surface area (Å²) in [6, 6.07) is 0. The molecule has 0 bridgehead atoms. The van der Waals surface area contributed by atoms with E-state index in [1.54, 1.807) is 0 Å². The molecule has 0 aromatic rings. The van der Waals surface area contributed by atoms with Gasteiger partial charge in [0.05, 0.1) is 0 Å². The minimum absolute atomic E-state index is 0. The third kappa shape index (κ3) is 3.66. The predicted octanol–water partition coefficient (Wildman–Crippen LogP) is -0.818. The van der Waals surface area contributed by atoms with Crippen LogP contribution in [-0.2, 0) is 4.79 Å². The Hall–Kier alpha value is -0.523. The first-order valence-corrected chi connectivity index (χ1v) is 1.24. The highest BCUT2D eigenvalue weighted by atomic mass is 28.1. The van der Waals surface area contributed by atoms with E-state index >= 15 is 0 Å². The van der Waals surface area contributed by atoms with Crippen molar-refractivity contribution in [1.82, 2.24) is 0 Å². The van der Waals surface area contributed by atoms with Crippen molar-refractivity contribution in [2.75, 3.05) is 0 Å². The van der Waals surface area contributed by atoms with Crippen molar-refractivity contribution in [3.63, 3.8) is 0 Å². The third-order valence-corrected chi connectivity index (χ3v) is 0.243.